The smallest absolute Gasteiger partial charge is 0.220 e. The van der Waals surface area contributed by atoms with Crippen molar-refractivity contribution in [2.24, 2.45) is 0 Å². The highest BCUT2D eigenvalue weighted by atomic mass is 16.7. The summed E-state index contributed by atoms with van der Waals surface area (Å²) in [4.78, 5) is 13.0. The third-order valence-corrected chi connectivity index (χ3v) is 14.1. The zero-order chi connectivity index (χ0) is 50.8. The molecule has 1 fully saturated rings. The summed E-state index contributed by atoms with van der Waals surface area (Å²) in [6, 6.07) is -0.801. The Balaban J connectivity index is 1.98. The first-order valence-electron chi connectivity index (χ1n) is 29.9. The van der Waals surface area contributed by atoms with Crippen molar-refractivity contribution in [1.29, 1.82) is 0 Å². The Kier molecular flexibility index (Phi) is 47.9. The lowest BCUT2D eigenvalue weighted by Gasteiger charge is -2.40. The Hall–Kier alpha value is -1.85. The number of nitrogens with one attached hydrogen (secondary N) is 1. The molecule has 1 heterocycles. The second-order valence-electron chi connectivity index (χ2n) is 20.8. The van der Waals surface area contributed by atoms with Crippen LogP contribution in [-0.2, 0) is 14.3 Å². The zero-order valence-corrected chi connectivity index (χ0v) is 45.5. The molecule has 0 radical (unpaired) electrons. The van der Waals surface area contributed by atoms with E-state index in [-0.39, 0.29) is 12.5 Å². The number of aliphatic hydroxyl groups is 5. The number of rotatable bonds is 51. The van der Waals surface area contributed by atoms with Crippen LogP contribution in [0.4, 0.5) is 0 Å². The summed E-state index contributed by atoms with van der Waals surface area (Å²) >= 11 is 0. The number of ether oxygens (including phenoxy) is 2. The van der Waals surface area contributed by atoms with E-state index in [2.05, 4.69) is 55.6 Å². The number of carbonyl (C=O) groups is 1. The molecule has 0 spiro atoms. The minimum Gasteiger partial charge on any atom is -0.394 e. The molecule has 0 aromatic rings. The van der Waals surface area contributed by atoms with Crippen molar-refractivity contribution in [1.82, 2.24) is 5.32 Å². The lowest BCUT2D eigenvalue weighted by atomic mass is 9.99. The number of carbonyl (C=O) groups excluding carboxylic acids is 1. The monoisotopic (exact) mass is 988 g/mol. The van der Waals surface area contributed by atoms with E-state index < -0.39 is 49.5 Å². The Morgan fingerprint density at radius 1 is 0.486 bits per heavy atom. The molecule has 1 aliphatic rings. The predicted octanol–water partition coefficient (Wildman–Crippen LogP) is 14.9. The van der Waals surface area contributed by atoms with E-state index in [1.54, 1.807) is 6.08 Å². The van der Waals surface area contributed by atoms with Gasteiger partial charge in [0, 0.05) is 6.42 Å². The van der Waals surface area contributed by atoms with Crippen molar-refractivity contribution >= 4 is 5.91 Å². The molecule has 70 heavy (non-hydrogen) atoms. The van der Waals surface area contributed by atoms with E-state index in [1.807, 2.05) is 6.08 Å². The molecule has 1 saturated heterocycles. The van der Waals surface area contributed by atoms with Crippen LogP contribution in [-0.4, -0.2) is 87.5 Å². The fraction of sp³-hybridized carbons (Fsp3) is 0.852. The van der Waals surface area contributed by atoms with E-state index in [4.69, 9.17) is 9.47 Å². The van der Waals surface area contributed by atoms with Crippen LogP contribution in [0.25, 0.3) is 0 Å². The molecule has 6 N–H and O–H groups in total. The van der Waals surface area contributed by atoms with Crippen LogP contribution in [0.2, 0.25) is 0 Å². The van der Waals surface area contributed by atoms with Crippen LogP contribution in [0.5, 0.6) is 0 Å². The van der Waals surface area contributed by atoms with E-state index in [0.717, 1.165) is 51.4 Å². The van der Waals surface area contributed by atoms with Crippen molar-refractivity contribution in [2.45, 2.75) is 320 Å². The molecule has 410 valence electrons. The summed E-state index contributed by atoms with van der Waals surface area (Å²) in [5.41, 5.74) is 0. The molecule has 0 aliphatic carbocycles. The van der Waals surface area contributed by atoms with Gasteiger partial charge in [-0.3, -0.25) is 4.79 Å². The van der Waals surface area contributed by atoms with Crippen LogP contribution < -0.4 is 5.32 Å². The van der Waals surface area contributed by atoms with E-state index >= 15 is 0 Å². The summed E-state index contributed by atoms with van der Waals surface area (Å²) in [6.45, 7) is 3.73. The first kappa shape index (κ1) is 66.2. The molecule has 1 amide bonds. The van der Waals surface area contributed by atoms with Gasteiger partial charge in [-0.1, -0.05) is 262 Å². The van der Waals surface area contributed by atoms with Gasteiger partial charge in [0.15, 0.2) is 6.29 Å². The van der Waals surface area contributed by atoms with E-state index in [9.17, 15) is 30.3 Å². The van der Waals surface area contributed by atoms with Crippen molar-refractivity contribution in [3.05, 3.63) is 48.6 Å². The normalized spacial score (nSPS) is 19.7. The summed E-state index contributed by atoms with van der Waals surface area (Å²) < 4.78 is 11.2. The zero-order valence-electron chi connectivity index (χ0n) is 45.5. The largest absolute Gasteiger partial charge is 0.394 e. The maximum Gasteiger partial charge on any atom is 0.220 e. The molecule has 1 rings (SSSR count). The molecule has 7 atom stereocenters. The number of hydrogen-bond acceptors (Lipinski definition) is 8. The molecular formula is C61H113NO8. The van der Waals surface area contributed by atoms with Gasteiger partial charge in [0.2, 0.25) is 5.91 Å². The molecule has 0 saturated carbocycles. The summed E-state index contributed by atoms with van der Waals surface area (Å²) in [6.07, 6.45) is 60.9. The summed E-state index contributed by atoms with van der Waals surface area (Å²) in [5.74, 6) is -0.177. The van der Waals surface area contributed by atoms with Crippen molar-refractivity contribution in [3.8, 4) is 0 Å². The number of unbranched alkanes of at least 4 members (excludes halogenated alkanes) is 35. The highest BCUT2D eigenvalue weighted by Gasteiger charge is 2.44. The highest BCUT2D eigenvalue weighted by molar-refractivity contribution is 5.76. The van der Waals surface area contributed by atoms with Crippen LogP contribution in [0, 0.1) is 0 Å². The fourth-order valence-electron chi connectivity index (χ4n) is 9.40. The third-order valence-electron chi connectivity index (χ3n) is 14.1. The molecular weight excluding hydrogens is 875 g/mol. The van der Waals surface area contributed by atoms with E-state index in [0.29, 0.717) is 6.42 Å². The molecule has 9 nitrogen and oxygen atoms in total. The van der Waals surface area contributed by atoms with Gasteiger partial charge in [-0.2, -0.15) is 0 Å². The van der Waals surface area contributed by atoms with Gasteiger partial charge in [-0.25, -0.2) is 0 Å². The molecule has 0 aromatic heterocycles. The lowest BCUT2D eigenvalue weighted by Crippen LogP contribution is -2.60. The van der Waals surface area contributed by atoms with Gasteiger partial charge >= 0.3 is 0 Å². The molecule has 1 aliphatic heterocycles. The van der Waals surface area contributed by atoms with E-state index in [1.165, 1.54) is 205 Å². The van der Waals surface area contributed by atoms with Crippen LogP contribution in [0.1, 0.15) is 277 Å². The Bertz CT molecular complexity index is 1240. The first-order valence-corrected chi connectivity index (χ1v) is 29.9. The second kappa shape index (κ2) is 50.7. The fourth-order valence-corrected chi connectivity index (χ4v) is 9.40. The van der Waals surface area contributed by atoms with Gasteiger partial charge in [0.05, 0.1) is 25.4 Å². The van der Waals surface area contributed by atoms with Crippen LogP contribution in [0.15, 0.2) is 48.6 Å². The number of allylic oxidation sites excluding steroid dienone is 7. The number of aliphatic hydroxyl groups excluding tert-OH is 5. The van der Waals surface area contributed by atoms with Crippen LogP contribution >= 0.6 is 0 Å². The molecule has 0 bridgehead atoms. The average molecular weight is 989 g/mol. The predicted molar refractivity (Wildman–Crippen MR) is 295 cm³/mol. The molecule has 9 heteroatoms. The molecule has 7 unspecified atom stereocenters. The Labute approximate surface area is 431 Å². The SMILES string of the molecule is CCCCCCC/C=C\C/C=C\C/C=C\CCCCCCCCCCCCCCCCCCCCCCCCCCC(=O)NC(COC1OC(CO)C(O)C(O)C1O)C(O)/C=C/CCCCCCCC. The van der Waals surface area contributed by atoms with Crippen molar-refractivity contribution < 1.29 is 39.8 Å². The topological polar surface area (TPSA) is 149 Å². The maximum atomic E-state index is 13.0. The number of hydrogen-bond donors (Lipinski definition) is 6. The Morgan fingerprint density at radius 3 is 1.24 bits per heavy atom. The van der Waals surface area contributed by atoms with Gasteiger partial charge in [-0.15, -0.1) is 0 Å². The first-order chi connectivity index (χ1) is 34.3. The van der Waals surface area contributed by atoms with Gasteiger partial charge in [0.25, 0.3) is 0 Å². The standard InChI is InChI=1S/C61H113NO8/c1-3-5-7-9-11-13-14-15-16-17-18-19-20-21-22-23-24-25-26-27-28-29-30-31-32-33-34-35-36-37-38-39-40-41-42-43-45-47-49-51-57(65)62-54(55(64)50-48-46-44-12-10-8-6-4-2)53-69-61-60(68)59(67)58(66)56(52-63)70-61/h14-15,17-18,20-21,48,50,54-56,58-61,63-64,66-68H,3-13,16,19,22-47,49,51-53H2,1-2H3,(H,62,65)/b15-14-,18-17-,21-20-,50-48+. The third kappa shape index (κ3) is 39.7. The summed E-state index contributed by atoms with van der Waals surface area (Å²) in [5, 5.41) is 54.1. The van der Waals surface area contributed by atoms with Crippen molar-refractivity contribution in [2.75, 3.05) is 13.2 Å². The van der Waals surface area contributed by atoms with Gasteiger partial charge in [-0.05, 0) is 57.8 Å². The Morgan fingerprint density at radius 2 is 0.843 bits per heavy atom. The lowest BCUT2D eigenvalue weighted by molar-refractivity contribution is -0.302. The highest BCUT2D eigenvalue weighted by Crippen LogP contribution is 2.23. The van der Waals surface area contributed by atoms with Crippen LogP contribution in [0.3, 0.4) is 0 Å². The quantitative estimate of drug-likeness (QED) is 0.0261. The second-order valence-corrected chi connectivity index (χ2v) is 20.8. The van der Waals surface area contributed by atoms with Gasteiger partial charge in [0.1, 0.15) is 24.4 Å². The van der Waals surface area contributed by atoms with Gasteiger partial charge < -0.3 is 40.3 Å². The number of amides is 1. The molecule has 0 aromatic carbocycles. The minimum absolute atomic E-state index is 0.177. The minimum atomic E-state index is -1.56. The average Bonchev–Trinajstić information content (AvgIpc) is 3.36. The maximum absolute atomic E-state index is 13.0. The summed E-state index contributed by atoms with van der Waals surface area (Å²) in [7, 11) is 0. The van der Waals surface area contributed by atoms with Crippen molar-refractivity contribution in [3.63, 3.8) is 0 Å².